The first-order valence-corrected chi connectivity index (χ1v) is 10.9. The number of nitrogens with one attached hydrogen (secondary N) is 1. The van der Waals surface area contributed by atoms with Crippen LogP contribution in [0.3, 0.4) is 0 Å². The van der Waals surface area contributed by atoms with Gasteiger partial charge in [0, 0.05) is 12.0 Å². The summed E-state index contributed by atoms with van der Waals surface area (Å²) in [6.07, 6.45) is 29.5. The van der Waals surface area contributed by atoms with E-state index in [1.54, 1.807) is 0 Å². The van der Waals surface area contributed by atoms with Gasteiger partial charge in [0.25, 0.3) is 0 Å². The molecule has 0 unspecified atom stereocenters. The highest BCUT2D eigenvalue weighted by molar-refractivity contribution is 5.76. The van der Waals surface area contributed by atoms with Gasteiger partial charge in [-0.2, -0.15) is 0 Å². The molecular weight excluding hydrogens is 330 g/mol. The monoisotopic (exact) mass is 373 g/mol. The minimum atomic E-state index is -0.0862. The van der Waals surface area contributed by atoms with E-state index in [4.69, 9.17) is 0 Å². The molecular formula is C25H43NO. The van der Waals surface area contributed by atoms with E-state index >= 15 is 0 Å². The van der Waals surface area contributed by atoms with Crippen molar-refractivity contribution in [2.45, 2.75) is 104 Å². The Labute approximate surface area is 168 Å². The smallest absolute Gasteiger partial charge is 0.220 e. The van der Waals surface area contributed by atoms with Crippen LogP contribution in [-0.2, 0) is 4.79 Å². The summed E-state index contributed by atoms with van der Waals surface area (Å²) < 4.78 is 0. The van der Waals surface area contributed by atoms with Crippen LogP contribution >= 0.6 is 0 Å². The van der Waals surface area contributed by atoms with Crippen molar-refractivity contribution in [2.24, 2.45) is 0 Å². The summed E-state index contributed by atoms with van der Waals surface area (Å²) >= 11 is 0. The van der Waals surface area contributed by atoms with Crippen molar-refractivity contribution in [3.63, 3.8) is 0 Å². The molecule has 0 saturated carbocycles. The molecule has 0 spiro atoms. The Kier molecular flexibility index (Phi) is 16.8. The van der Waals surface area contributed by atoms with Gasteiger partial charge in [-0.25, -0.2) is 0 Å². The molecule has 0 atom stereocenters. The van der Waals surface area contributed by atoms with Gasteiger partial charge in [-0.3, -0.25) is 4.79 Å². The standard InChI is InChI=1S/C25H43NO/c1-5-7-8-9-10-11-12-13-14-15-16-17-18-19-20-21-22-23-24(27)26-25(3,4)6-2/h10-11,13-14,16-17,19-20H,5-9,12,15,18,21-23H2,1-4H3,(H,26,27)/b11-10-,14-13-,17-16-,20-19-. The third-order valence-electron chi connectivity index (χ3n) is 4.59. The molecule has 0 fully saturated rings. The summed E-state index contributed by atoms with van der Waals surface area (Å²) in [7, 11) is 0. The summed E-state index contributed by atoms with van der Waals surface area (Å²) in [6, 6.07) is 0. The van der Waals surface area contributed by atoms with Gasteiger partial charge >= 0.3 is 0 Å². The zero-order valence-corrected chi connectivity index (χ0v) is 18.3. The van der Waals surface area contributed by atoms with Crippen LogP contribution in [0.25, 0.3) is 0 Å². The molecule has 0 aromatic rings. The molecule has 0 aliphatic carbocycles. The molecule has 0 heterocycles. The lowest BCUT2D eigenvalue weighted by atomic mass is 10.0. The van der Waals surface area contributed by atoms with Crippen molar-refractivity contribution in [3.05, 3.63) is 48.6 Å². The minimum absolute atomic E-state index is 0.0862. The van der Waals surface area contributed by atoms with Crippen molar-refractivity contribution < 1.29 is 4.79 Å². The van der Waals surface area contributed by atoms with Crippen molar-refractivity contribution in [2.75, 3.05) is 0 Å². The van der Waals surface area contributed by atoms with Gasteiger partial charge in [-0.1, -0.05) is 75.3 Å². The average Bonchev–Trinajstić information content (AvgIpc) is 2.64. The molecule has 0 saturated heterocycles. The van der Waals surface area contributed by atoms with Crippen LogP contribution in [0, 0.1) is 0 Å². The molecule has 27 heavy (non-hydrogen) atoms. The van der Waals surface area contributed by atoms with Crippen molar-refractivity contribution in [3.8, 4) is 0 Å². The molecule has 0 bridgehead atoms. The van der Waals surface area contributed by atoms with E-state index in [2.05, 4.69) is 81.6 Å². The topological polar surface area (TPSA) is 29.1 Å². The van der Waals surface area contributed by atoms with Gasteiger partial charge in [0.1, 0.15) is 0 Å². The number of amides is 1. The maximum Gasteiger partial charge on any atom is 0.220 e. The number of allylic oxidation sites excluding steroid dienone is 8. The Morgan fingerprint density at radius 1 is 0.741 bits per heavy atom. The first-order valence-electron chi connectivity index (χ1n) is 10.9. The van der Waals surface area contributed by atoms with E-state index in [1.165, 1.54) is 25.7 Å². The highest BCUT2D eigenvalue weighted by atomic mass is 16.1. The second-order valence-corrected chi connectivity index (χ2v) is 7.77. The largest absolute Gasteiger partial charge is 0.351 e. The molecule has 0 rings (SSSR count). The normalized spacial score (nSPS) is 12.9. The molecule has 0 aromatic heterocycles. The average molecular weight is 374 g/mol. The molecule has 2 nitrogen and oxygen atoms in total. The summed E-state index contributed by atoms with van der Waals surface area (Å²) in [5.74, 6) is 0.165. The highest BCUT2D eigenvalue weighted by Crippen LogP contribution is 2.08. The molecule has 0 aliphatic heterocycles. The molecule has 1 N–H and O–H groups in total. The molecule has 2 heteroatoms. The van der Waals surface area contributed by atoms with Gasteiger partial charge in [0.2, 0.25) is 5.91 Å². The number of carbonyl (C=O) groups excluding carboxylic acids is 1. The van der Waals surface area contributed by atoms with Crippen molar-refractivity contribution in [1.82, 2.24) is 5.32 Å². The Morgan fingerprint density at radius 2 is 1.22 bits per heavy atom. The zero-order chi connectivity index (χ0) is 20.2. The first kappa shape index (κ1) is 25.4. The third-order valence-corrected chi connectivity index (χ3v) is 4.59. The lowest BCUT2D eigenvalue weighted by Gasteiger charge is -2.24. The van der Waals surface area contributed by atoms with Crippen LogP contribution in [0.1, 0.15) is 98.3 Å². The lowest BCUT2D eigenvalue weighted by Crippen LogP contribution is -2.42. The number of hydrogen-bond donors (Lipinski definition) is 1. The lowest BCUT2D eigenvalue weighted by molar-refractivity contribution is -0.122. The predicted molar refractivity (Wildman–Crippen MR) is 121 cm³/mol. The molecule has 1 amide bonds. The Bertz CT molecular complexity index is 469. The van der Waals surface area contributed by atoms with Crippen LogP contribution in [0.4, 0.5) is 0 Å². The van der Waals surface area contributed by atoms with Gasteiger partial charge in [0.15, 0.2) is 0 Å². The molecule has 0 aliphatic rings. The summed E-state index contributed by atoms with van der Waals surface area (Å²) in [4.78, 5) is 11.8. The number of hydrogen-bond acceptors (Lipinski definition) is 1. The maximum atomic E-state index is 11.8. The van der Waals surface area contributed by atoms with Crippen molar-refractivity contribution in [1.29, 1.82) is 0 Å². The first-order chi connectivity index (χ1) is 13.0. The second kappa shape index (κ2) is 17.8. The minimum Gasteiger partial charge on any atom is -0.351 e. The van der Waals surface area contributed by atoms with Gasteiger partial charge in [-0.15, -0.1) is 0 Å². The van der Waals surface area contributed by atoms with E-state index in [-0.39, 0.29) is 11.4 Å². The Hall–Kier alpha value is -1.57. The zero-order valence-electron chi connectivity index (χ0n) is 18.3. The van der Waals surface area contributed by atoms with Crippen LogP contribution in [0.2, 0.25) is 0 Å². The van der Waals surface area contributed by atoms with Crippen LogP contribution < -0.4 is 5.32 Å². The SMILES string of the molecule is CCCCC/C=C\C/C=C\C/C=C\C/C=C\CCCC(=O)NC(C)(C)CC. The quantitative estimate of drug-likeness (QED) is 0.221. The van der Waals surface area contributed by atoms with E-state index in [1.807, 2.05) is 0 Å². The van der Waals surface area contributed by atoms with E-state index in [9.17, 15) is 4.79 Å². The van der Waals surface area contributed by atoms with Crippen LogP contribution in [0.15, 0.2) is 48.6 Å². The van der Waals surface area contributed by atoms with Gasteiger partial charge in [0.05, 0.1) is 0 Å². The van der Waals surface area contributed by atoms with Gasteiger partial charge in [-0.05, 0) is 65.2 Å². The number of rotatable bonds is 16. The number of carbonyl (C=O) groups is 1. The second-order valence-electron chi connectivity index (χ2n) is 7.77. The third kappa shape index (κ3) is 19.0. The van der Waals surface area contributed by atoms with Gasteiger partial charge < -0.3 is 5.32 Å². The van der Waals surface area contributed by atoms with E-state index in [0.717, 1.165) is 38.5 Å². The maximum absolute atomic E-state index is 11.8. The number of unbranched alkanes of at least 4 members (excludes halogenated alkanes) is 4. The predicted octanol–water partition coefficient (Wildman–Crippen LogP) is 7.44. The fraction of sp³-hybridized carbons (Fsp3) is 0.640. The highest BCUT2D eigenvalue weighted by Gasteiger charge is 2.16. The Balaban J connectivity index is 3.57. The summed E-state index contributed by atoms with van der Waals surface area (Å²) in [6.45, 7) is 8.47. The van der Waals surface area contributed by atoms with E-state index in [0.29, 0.717) is 6.42 Å². The molecule has 0 aromatic carbocycles. The fourth-order valence-electron chi connectivity index (χ4n) is 2.47. The van der Waals surface area contributed by atoms with E-state index < -0.39 is 0 Å². The Morgan fingerprint density at radius 3 is 1.70 bits per heavy atom. The summed E-state index contributed by atoms with van der Waals surface area (Å²) in [5.41, 5.74) is -0.0862. The molecule has 0 radical (unpaired) electrons. The summed E-state index contributed by atoms with van der Waals surface area (Å²) in [5, 5.41) is 3.08. The van der Waals surface area contributed by atoms with Crippen LogP contribution in [-0.4, -0.2) is 11.4 Å². The van der Waals surface area contributed by atoms with Crippen molar-refractivity contribution >= 4 is 5.91 Å². The molecule has 154 valence electrons. The fourth-order valence-corrected chi connectivity index (χ4v) is 2.47. The van der Waals surface area contributed by atoms with Crippen LogP contribution in [0.5, 0.6) is 0 Å².